The van der Waals surface area contributed by atoms with Crippen LogP contribution in [0.4, 0.5) is 0 Å². The molecule has 94 valence electrons. The molecule has 1 atom stereocenters. The first kappa shape index (κ1) is 13.6. The Kier molecular flexibility index (Phi) is 4.16. The minimum atomic E-state index is -0.842. The molecule has 3 nitrogen and oxygen atoms in total. The van der Waals surface area contributed by atoms with E-state index in [1.165, 1.54) is 0 Å². The quantitative estimate of drug-likeness (QED) is 0.873. The highest BCUT2D eigenvalue weighted by Crippen LogP contribution is 2.31. The van der Waals surface area contributed by atoms with E-state index in [1.807, 2.05) is 24.3 Å². The Labute approximate surface area is 102 Å². The van der Waals surface area contributed by atoms with Gasteiger partial charge in [-0.2, -0.15) is 0 Å². The third-order valence-corrected chi connectivity index (χ3v) is 2.49. The second kappa shape index (κ2) is 5.21. The first-order valence-electron chi connectivity index (χ1n) is 5.78. The topological polar surface area (TPSA) is 46.5 Å². The van der Waals surface area contributed by atoms with E-state index in [0.29, 0.717) is 0 Å². The summed E-state index contributed by atoms with van der Waals surface area (Å²) in [5.41, 5.74) is 1.08. The van der Waals surface area contributed by atoms with Gasteiger partial charge in [0.1, 0.15) is 11.9 Å². The molecule has 0 unspecified atom stereocenters. The van der Waals surface area contributed by atoms with Crippen LogP contribution >= 0.6 is 0 Å². The molecule has 0 aromatic heterocycles. The van der Waals surface area contributed by atoms with E-state index in [0.717, 1.165) is 11.3 Å². The number of rotatable bonds is 4. The van der Waals surface area contributed by atoms with Gasteiger partial charge in [-0.3, -0.25) is 4.79 Å². The van der Waals surface area contributed by atoms with Gasteiger partial charge in [-0.1, -0.05) is 39.0 Å². The number of hydrogen-bond acceptors (Lipinski definition) is 2. The van der Waals surface area contributed by atoms with Gasteiger partial charge in [0.05, 0.1) is 6.42 Å². The second-order valence-corrected chi connectivity index (χ2v) is 5.27. The van der Waals surface area contributed by atoms with Crippen molar-refractivity contribution in [1.82, 2.24) is 0 Å². The fourth-order valence-corrected chi connectivity index (χ4v) is 1.69. The molecule has 1 aromatic carbocycles. The number of carbonyl (C=O) groups is 1. The molecule has 0 aliphatic carbocycles. The number of hydrogen-bond donors (Lipinski definition) is 1. The van der Waals surface area contributed by atoms with Crippen molar-refractivity contribution < 1.29 is 14.6 Å². The molecule has 0 spiro atoms. The average Bonchev–Trinajstić information content (AvgIpc) is 2.15. The Bertz CT molecular complexity index is 391. The predicted molar refractivity (Wildman–Crippen MR) is 67.5 cm³/mol. The first-order chi connectivity index (χ1) is 7.80. The van der Waals surface area contributed by atoms with Crippen LogP contribution in [0.3, 0.4) is 0 Å². The van der Waals surface area contributed by atoms with Crippen molar-refractivity contribution in [3.05, 3.63) is 29.8 Å². The summed E-state index contributed by atoms with van der Waals surface area (Å²) in [4.78, 5) is 10.6. The molecule has 0 aliphatic heterocycles. The number of para-hydroxylation sites is 1. The van der Waals surface area contributed by atoms with Crippen molar-refractivity contribution in [2.24, 2.45) is 0 Å². The van der Waals surface area contributed by atoms with Gasteiger partial charge in [0.15, 0.2) is 0 Å². The summed E-state index contributed by atoms with van der Waals surface area (Å²) in [7, 11) is 0. The molecule has 0 aliphatic rings. The van der Waals surface area contributed by atoms with E-state index in [1.54, 1.807) is 6.92 Å². The summed E-state index contributed by atoms with van der Waals surface area (Å²) in [5, 5.41) is 8.71. The van der Waals surface area contributed by atoms with Crippen LogP contribution in [0.15, 0.2) is 24.3 Å². The van der Waals surface area contributed by atoms with Crippen LogP contribution in [-0.2, 0) is 10.2 Å². The van der Waals surface area contributed by atoms with E-state index in [9.17, 15) is 4.79 Å². The molecule has 0 bridgehead atoms. The smallest absolute Gasteiger partial charge is 0.307 e. The molecule has 1 rings (SSSR count). The Morgan fingerprint density at radius 2 is 1.94 bits per heavy atom. The Morgan fingerprint density at radius 3 is 2.47 bits per heavy atom. The zero-order valence-electron chi connectivity index (χ0n) is 10.9. The lowest BCUT2D eigenvalue weighted by atomic mass is 9.86. The highest BCUT2D eigenvalue weighted by molar-refractivity contribution is 5.67. The van der Waals surface area contributed by atoms with Gasteiger partial charge in [-0.15, -0.1) is 0 Å². The molecule has 0 saturated heterocycles. The van der Waals surface area contributed by atoms with Gasteiger partial charge in [-0.25, -0.2) is 0 Å². The summed E-state index contributed by atoms with van der Waals surface area (Å²) in [5.74, 6) is -0.0699. The maximum Gasteiger partial charge on any atom is 0.307 e. The van der Waals surface area contributed by atoms with Crippen LogP contribution in [0, 0.1) is 0 Å². The second-order valence-electron chi connectivity index (χ2n) is 5.27. The highest BCUT2D eigenvalue weighted by atomic mass is 16.5. The number of carboxylic acid groups (broad SMARTS) is 1. The van der Waals surface area contributed by atoms with E-state index in [2.05, 4.69) is 20.8 Å². The fraction of sp³-hybridized carbons (Fsp3) is 0.500. The van der Waals surface area contributed by atoms with Gasteiger partial charge >= 0.3 is 5.97 Å². The van der Waals surface area contributed by atoms with Crippen molar-refractivity contribution in [1.29, 1.82) is 0 Å². The summed E-state index contributed by atoms with van der Waals surface area (Å²) in [6.07, 6.45) is -0.311. The van der Waals surface area contributed by atoms with Crippen LogP contribution < -0.4 is 4.74 Å². The lowest BCUT2D eigenvalue weighted by Crippen LogP contribution is -2.20. The maximum atomic E-state index is 10.6. The molecule has 0 radical (unpaired) electrons. The minimum absolute atomic E-state index is 0.0124. The third kappa shape index (κ3) is 4.10. The highest BCUT2D eigenvalue weighted by Gasteiger charge is 2.20. The Morgan fingerprint density at radius 1 is 1.35 bits per heavy atom. The van der Waals surface area contributed by atoms with Gasteiger partial charge < -0.3 is 9.84 Å². The number of carboxylic acids is 1. The molecule has 0 saturated carbocycles. The van der Waals surface area contributed by atoms with Crippen molar-refractivity contribution in [3.8, 4) is 5.75 Å². The van der Waals surface area contributed by atoms with Gasteiger partial charge in [0.2, 0.25) is 0 Å². The van der Waals surface area contributed by atoms with Crippen molar-refractivity contribution in [2.45, 2.75) is 45.6 Å². The van der Waals surface area contributed by atoms with Gasteiger partial charge in [0.25, 0.3) is 0 Å². The SMILES string of the molecule is C[C@@H](CC(=O)O)Oc1ccccc1C(C)(C)C. The van der Waals surface area contributed by atoms with Gasteiger partial charge in [0, 0.05) is 0 Å². The van der Waals surface area contributed by atoms with E-state index >= 15 is 0 Å². The van der Waals surface area contributed by atoms with E-state index in [-0.39, 0.29) is 17.9 Å². The molecular formula is C14H20O3. The molecule has 1 N–H and O–H groups in total. The fourth-order valence-electron chi connectivity index (χ4n) is 1.69. The van der Waals surface area contributed by atoms with Crippen LogP contribution in [0.1, 0.15) is 39.7 Å². The standard InChI is InChI=1S/C14H20O3/c1-10(9-13(15)16)17-12-8-6-5-7-11(12)14(2,3)4/h5-8,10H,9H2,1-4H3,(H,15,16)/t10-/m0/s1. The Hall–Kier alpha value is -1.51. The maximum absolute atomic E-state index is 10.6. The van der Waals surface area contributed by atoms with Crippen molar-refractivity contribution >= 4 is 5.97 Å². The zero-order chi connectivity index (χ0) is 13.1. The zero-order valence-corrected chi connectivity index (χ0v) is 10.9. The molecule has 17 heavy (non-hydrogen) atoms. The summed E-state index contributed by atoms with van der Waals surface area (Å²) >= 11 is 0. The Balaban J connectivity index is 2.87. The van der Waals surface area contributed by atoms with Crippen molar-refractivity contribution in [3.63, 3.8) is 0 Å². The first-order valence-corrected chi connectivity index (χ1v) is 5.78. The summed E-state index contributed by atoms with van der Waals surface area (Å²) in [6, 6.07) is 7.77. The lowest BCUT2D eigenvalue weighted by molar-refractivity contribution is -0.138. The minimum Gasteiger partial charge on any atom is -0.490 e. The molecule has 0 amide bonds. The molecule has 3 heteroatoms. The monoisotopic (exact) mass is 236 g/mol. The normalized spacial score (nSPS) is 13.2. The average molecular weight is 236 g/mol. The molecular weight excluding hydrogens is 216 g/mol. The third-order valence-electron chi connectivity index (χ3n) is 2.49. The van der Waals surface area contributed by atoms with Crippen molar-refractivity contribution in [2.75, 3.05) is 0 Å². The van der Waals surface area contributed by atoms with E-state index in [4.69, 9.17) is 9.84 Å². The number of ether oxygens (including phenoxy) is 1. The molecule has 0 heterocycles. The predicted octanol–water partition coefficient (Wildman–Crippen LogP) is 3.23. The molecule has 0 fully saturated rings. The van der Waals surface area contributed by atoms with E-state index < -0.39 is 5.97 Å². The van der Waals surface area contributed by atoms with Crippen LogP contribution in [0.2, 0.25) is 0 Å². The lowest BCUT2D eigenvalue weighted by Gasteiger charge is -2.24. The summed E-state index contributed by atoms with van der Waals surface area (Å²) < 4.78 is 5.70. The number of benzene rings is 1. The molecule has 1 aromatic rings. The van der Waals surface area contributed by atoms with Gasteiger partial charge in [-0.05, 0) is 24.0 Å². The largest absolute Gasteiger partial charge is 0.490 e. The number of aliphatic carboxylic acids is 1. The summed E-state index contributed by atoms with van der Waals surface area (Å²) in [6.45, 7) is 8.10. The van der Waals surface area contributed by atoms with Crippen LogP contribution in [0.25, 0.3) is 0 Å². The van der Waals surface area contributed by atoms with Crippen LogP contribution in [0.5, 0.6) is 5.75 Å². The van der Waals surface area contributed by atoms with Crippen LogP contribution in [-0.4, -0.2) is 17.2 Å².